The molecule has 126 valence electrons. The number of thiophene rings is 1. The number of methoxy groups -OCH3 is 1. The van der Waals surface area contributed by atoms with Crippen LogP contribution in [0.25, 0.3) is 0 Å². The van der Waals surface area contributed by atoms with E-state index in [2.05, 4.69) is 23.6 Å². The SMILES string of the molecule is CCc1cc(C(=O)OC)c(NC(=S)NCCC2=CCCCC2)s1. The van der Waals surface area contributed by atoms with Crippen molar-refractivity contribution in [1.82, 2.24) is 5.32 Å². The Morgan fingerprint density at radius 3 is 2.91 bits per heavy atom. The molecule has 0 fully saturated rings. The number of hydrogen-bond donors (Lipinski definition) is 2. The lowest BCUT2D eigenvalue weighted by atomic mass is 9.97. The Morgan fingerprint density at radius 2 is 2.26 bits per heavy atom. The molecule has 0 saturated heterocycles. The Labute approximate surface area is 147 Å². The van der Waals surface area contributed by atoms with Crippen molar-refractivity contribution >= 4 is 39.6 Å². The number of carbonyl (C=O) groups excluding carboxylic acids is 1. The zero-order chi connectivity index (χ0) is 16.7. The third-order valence-corrected chi connectivity index (χ3v) is 5.32. The molecule has 0 unspecified atom stereocenters. The number of thiocarbonyl (C=S) groups is 1. The molecule has 0 atom stereocenters. The molecule has 0 spiro atoms. The first-order valence-corrected chi connectivity index (χ1v) is 9.30. The van der Waals surface area contributed by atoms with Crippen molar-refractivity contribution in [2.75, 3.05) is 19.0 Å². The van der Waals surface area contributed by atoms with Crippen LogP contribution in [0.4, 0.5) is 5.00 Å². The summed E-state index contributed by atoms with van der Waals surface area (Å²) in [6, 6.07) is 1.87. The minimum absolute atomic E-state index is 0.335. The van der Waals surface area contributed by atoms with Gasteiger partial charge >= 0.3 is 5.97 Å². The van der Waals surface area contributed by atoms with Gasteiger partial charge in [0.15, 0.2) is 5.11 Å². The van der Waals surface area contributed by atoms with Crippen molar-refractivity contribution in [3.05, 3.63) is 28.2 Å². The summed E-state index contributed by atoms with van der Waals surface area (Å²) in [5.74, 6) is -0.335. The lowest BCUT2D eigenvalue weighted by molar-refractivity contribution is 0.0602. The van der Waals surface area contributed by atoms with Gasteiger partial charge in [-0.15, -0.1) is 11.3 Å². The highest BCUT2D eigenvalue weighted by Gasteiger charge is 2.17. The van der Waals surface area contributed by atoms with Gasteiger partial charge in [0, 0.05) is 11.4 Å². The Hall–Kier alpha value is -1.40. The molecular formula is C17H24N2O2S2. The maximum Gasteiger partial charge on any atom is 0.340 e. The quantitative estimate of drug-likeness (QED) is 0.455. The van der Waals surface area contributed by atoms with E-state index >= 15 is 0 Å². The number of allylic oxidation sites excluding steroid dienone is 1. The summed E-state index contributed by atoms with van der Waals surface area (Å²) < 4.78 is 4.83. The standard InChI is InChI=1S/C17H24N2O2S2/c1-3-13-11-14(16(20)21-2)15(23-13)19-17(22)18-10-9-12-7-5-4-6-8-12/h7,11H,3-6,8-10H2,1-2H3,(H2,18,19,22). The molecule has 23 heavy (non-hydrogen) atoms. The molecule has 1 aromatic rings. The average molecular weight is 353 g/mol. The van der Waals surface area contributed by atoms with E-state index in [1.54, 1.807) is 11.3 Å². The van der Waals surface area contributed by atoms with Crippen LogP contribution in [0.3, 0.4) is 0 Å². The maximum absolute atomic E-state index is 11.8. The fourth-order valence-electron chi connectivity index (χ4n) is 2.59. The number of anilines is 1. The largest absolute Gasteiger partial charge is 0.465 e. The summed E-state index contributed by atoms with van der Waals surface area (Å²) >= 11 is 6.89. The minimum atomic E-state index is -0.335. The van der Waals surface area contributed by atoms with Crippen LogP contribution in [0, 0.1) is 0 Å². The van der Waals surface area contributed by atoms with Crippen LogP contribution in [0.15, 0.2) is 17.7 Å². The Balaban J connectivity index is 1.88. The molecule has 0 aliphatic heterocycles. The van der Waals surface area contributed by atoms with E-state index in [4.69, 9.17) is 17.0 Å². The Kier molecular flexibility index (Phi) is 7.05. The molecule has 0 aromatic carbocycles. The van der Waals surface area contributed by atoms with Crippen molar-refractivity contribution in [3.63, 3.8) is 0 Å². The fraction of sp³-hybridized carbons (Fsp3) is 0.529. The molecule has 1 heterocycles. The summed E-state index contributed by atoms with van der Waals surface area (Å²) in [4.78, 5) is 13.0. The van der Waals surface area contributed by atoms with Crippen molar-refractivity contribution < 1.29 is 9.53 Å². The van der Waals surface area contributed by atoms with Gasteiger partial charge in [-0.05, 0) is 56.8 Å². The second-order valence-corrected chi connectivity index (χ2v) is 7.08. The zero-order valence-corrected chi connectivity index (χ0v) is 15.4. The monoisotopic (exact) mass is 352 g/mol. The highest BCUT2D eigenvalue weighted by molar-refractivity contribution is 7.80. The summed E-state index contributed by atoms with van der Waals surface area (Å²) in [6.45, 7) is 2.88. The van der Waals surface area contributed by atoms with Crippen LogP contribution < -0.4 is 10.6 Å². The van der Waals surface area contributed by atoms with E-state index in [1.807, 2.05) is 6.07 Å². The van der Waals surface area contributed by atoms with Gasteiger partial charge < -0.3 is 15.4 Å². The summed E-state index contributed by atoms with van der Waals surface area (Å²) in [7, 11) is 1.39. The molecule has 0 amide bonds. The highest BCUT2D eigenvalue weighted by Crippen LogP contribution is 2.29. The van der Waals surface area contributed by atoms with E-state index < -0.39 is 0 Å². The number of rotatable bonds is 6. The van der Waals surface area contributed by atoms with Crippen molar-refractivity contribution in [2.24, 2.45) is 0 Å². The van der Waals surface area contributed by atoms with Crippen LogP contribution in [0.5, 0.6) is 0 Å². The van der Waals surface area contributed by atoms with Gasteiger partial charge in [0.05, 0.1) is 12.7 Å². The van der Waals surface area contributed by atoms with Gasteiger partial charge in [0.1, 0.15) is 5.00 Å². The second-order valence-electron chi connectivity index (χ2n) is 5.54. The minimum Gasteiger partial charge on any atom is -0.465 e. The van der Waals surface area contributed by atoms with Crippen molar-refractivity contribution in [1.29, 1.82) is 0 Å². The molecule has 2 N–H and O–H groups in total. The van der Waals surface area contributed by atoms with E-state index in [-0.39, 0.29) is 5.97 Å². The molecule has 4 nitrogen and oxygen atoms in total. The molecule has 2 rings (SSSR count). The first-order valence-electron chi connectivity index (χ1n) is 8.07. The summed E-state index contributed by atoms with van der Waals surface area (Å²) in [5, 5.41) is 7.67. The number of esters is 1. The number of nitrogens with one attached hydrogen (secondary N) is 2. The summed E-state index contributed by atoms with van der Waals surface area (Å²) in [6.07, 6.45) is 9.27. The van der Waals surface area contributed by atoms with E-state index in [0.29, 0.717) is 10.7 Å². The smallest absolute Gasteiger partial charge is 0.340 e. The fourth-order valence-corrected chi connectivity index (χ4v) is 3.84. The van der Waals surface area contributed by atoms with E-state index in [0.717, 1.165) is 29.3 Å². The van der Waals surface area contributed by atoms with Gasteiger partial charge in [0.2, 0.25) is 0 Å². The Morgan fingerprint density at radius 1 is 1.43 bits per heavy atom. The summed E-state index contributed by atoms with van der Waals surface area (Å²) in [5.41, 5.74) is 2.07. The van der Waals surface area contributed by atoms with Gasteiger partial charge in [-0.25, -0.2) is 4.79 Å². The van der Waals surface area contributed by atoms with Gasteiger partial charge in [-0.2, -0.15) is 0 Å². The Bertz CT molecular complexity index is 593. The molecular weight excluding hydrogens is 328 g/mol. The number of aryl methyl sites for hydroxylation is 1. The maximum atomic E-state index is 11.8. The van der Waals surface area contributed by atoms with Crippen LogP contribution in [-0.2, 0) is 11.2 Å². The lowest BCUT2D eigenvalue weighted by Gasteiger charge is -2.14. The average Bonchev–Trinajstić information content (AvgIpc) is 2.98. The van der Waals surface area contributed by atoms with Crippen LogP contribution in [-0.4, -0.2) is 24.7 Å². The number of hydrogen-bond acceptors (Lipinski definition) is 4. The van der Waals surface area contributed by atoms with Crippen molar-refractivity contribution in [2.45, 2.75) is 45.4 Å². The lowest BCUT2D eigenvalue weighted by Crippen LogP contribution is -2.29. The van der Waals surface area contributed by atoms with Gasteiger partial charge in [0.25, 0.3) is 0 Å². The first kappa shape index (κ1) is 17.9. The van der Waals surface area contributed by atoms with E-state index in [9.17, 15) is 4.79 Å². The third-order valence-electron chi connectivity index (χ3n) is 3.88. The molecule has 1 aromatic heterocycles. The molecule has 0 bridgehead atoms. The second kappa shape index (κ2) is 9.03. The van der Waals surface area contributed by atoms with Gasteiger partial charge in [-0.3, -0.25) is 0 Å². The van der Waals surface area contributed by atoms with Crippen molar-refractivity contribution in [3.8, 4) is 0 Å². The zero-order valence-electron chi connectivity index (χ0n) is 13.7. The normalized spacial score (nSPS) is 14.1. The molecule has 6 heteroatoms. The molecule has 0 saturated carbocycles. The topological polar surface area (TPSA) is 50.4 Å². The first-order chi connectivity index (χ1) is 11.1. The number of carbonyl (C=O) groups is 1. The van der Waals surface area contributed by atoms with Gasteiger partial charge in [-0.1, -0.05) is 18.6 Å². The third kappa shape index (κ3) is 5.32. The molecule has 1 aliphatic carbocycles. The molecule has 1 aliphatic rings. The predicted octanol–water partition coefficient (Wildman–Crippen LogP) is 4.27. The predicted molar refractivity (Wildman–Crippen MR) is 100 cm³/mol. The number of ether oxygens (including phenoxy) is 1. The van der Waals surface area contributed by atoms with Crippen LogP contribution >= 0.6 is 23.6 Å². The molecule has 0 radical (unpaired) electrons. The van der Waals surface area contributed by atoms with Crippen LogP contribution in [0.2, 0.25) is 0 Å². The van der Waals surface area contributed by atoms with E-state index in [1.165, 1.54) is 38.4 Å². The highest BCUT2D eigenvalue weighted by atomic mass is 32.1. The van der Waals surface area contributed by atoms with Crippen LogP contribution in [0.1, 0.15) is 54.3 Å².